The Labute approximate surface area is 252 Å². The molecule has 3 aromatic carbocycles. The maximum Gasteiger partial charge on any atom is 0.255 e. The molecule has 0 spiro atoms. The number of aromatic nitrogens is 3. The minimum absolute atomic E-state index is 0.126. The van der Waals surface area contributed by atoms with Gasteiger partial charge in [-0.05, 0) is 46.9 Å². The molecule has 1 saturated heterocycles. The first-order valence-corrected chi connectivity index (χ1v) is 14.5. The highest BCUT2D eigenvalue weighted by Gasteiger charge is 2.27. The topological polar surface area (TPSA) is 69.5 Å². The summed E-state index contributed by atoms with van der Waals surface area (Å²) in [6.07, 6.45) is -0.216. The van der Waals surface area contributed by atoms with Gasteiger partial charge in [-0.1, -0.05) is 66.7 Å². The molecule has 7 nitrogen and oxygen atoms in total. The van der Waals surface area contributed by atoms with Gasteiger partial charge in [0.15, 0.2) is 0 Å². The fraction of sp³-hybridized carbons (Fsp3) is 0.182. The van der Waals surface area contributed by atoms with E-state index < -0.39 is 0 Å². The van der Waals surface area contributed by atoms with Crippen LogP contribution >= 0.6 is 22.6 Å². The minimum atomic E-state index is -0.216. The lowest BCUT2D eigenvalue weighted by Gasteiger charge is -2.35. The normalized spacial score (nSPS) is 15.1. The Balaban J connectivity index is 1.42. The third-order valence-electron chi connectivity index (χ3n) is 7.26. The molecule has 1 fully saturated rings. The van der Waals surface area contributed by atoms with E-state index >= 15 is 0 Å². The van der Waals surface area contributed by atoms with Gasteiger partial charge in [0.05, 0.1) is 37.3 Å². The number of pyridine rings is 1. The van der Waals surface area contributed by atoms with Crippen LogP contribution in [0.4, 0.5) is 5.95 Å². The molecule has 1 atom stereocenters. The van der Waals surface area contributed by atoms with Gasteiger partial charge in [-0.25, -0.2) is 9.97 Å². The highest BCUT2D eigenvalue weighted by molar-refractivity contribution is 14.1. The molecule has 0 bridgehead atoms. The first-order valence-electron chi connectivity index (χ1n) is 13.4. The number of anilines is 1. The first-order chi connectivity index (χ1) is 20.0. The van der Waals surface area contributed by atoms with Crippen LogP contribution in [-0.4, -0.2) is 41.3 Å². The van der Waals surface area contributed by atoms with E-state index in [0.29, 0.717) is 31.3 Å². The van der Waals surface area contributed by atoms with Gasteiger partial charge < -0.3 is 14.4 Å². The van der Waals surface area contributed by atoms with Gasteiger partial charge in [-0.15, -0.1) is 0 Å². The summed E-state index contributed by atoms with van der Waals surface area (Å²) in [5.41, 5.74) is 5.94. The number of hydrogen-bond acceptors (Lipinski definition) is 6. The van der Waals surface area contributed by atoms with E-state index in [1.165, 1.54) is 0 Å². The SMILES string of the molecule is COc1cc(I)ccc1[C@H]1CN(c2nc(-c3cc(-c4ccccc4)nc(-c4ccccc4)c3)cc(=O)n2C)CCO1. The van der Waals surface area contributed by atoms with E-state index in [2.05, 4.69) is 27.5 Å². The summed E-state index contributed by atoms with van der Waals surface area (Å²) in [6, 6.07) is 31.8. The molecule has 8 heteroatoms. The number of halogens is 1. The molecule has 0 amide bonds. The van der Waals surface area contributed by atoms with Crippen molar-refractivity contribution in [2.24, 2.45) is 7.05 Å². The zero-order chi connectivity index (χ0) is 28.3. The standard InChI is InChI=1S/C33H29IN4O3/c1-37-32(39)20-29(36-33(37)38-15-16-41-31(21-38)26-14-13-25(34)19-30(26)40-2)24-17-27(22-9-5-3-6-10-22)35-28(18-24)23-11-7-4-8-12-23/h3-14,17-20,31H,15-16,21H2,1-2H3/t31-/m1/s1. The van der Waals surface area contributed by atoms with Gasteiger partial charge in [0.2, 0.25) is 5.95 Å². The molecule has 3 heterocycles. The molecule has 0 radical (unpaired) electrons. The molecular formula is C33H29IN4O3. The van der Waals surface area contributed by atoms with Gasteiger partial charge in [0.25, 0.3) is 5.56 Å². The van der Waals surface area contributed by atoms with E-state index in [0.717, 1.165) is 43.0 Å². The summed E-state index contributed by atoms with van der Waals surface area (Å²) < 4.78 is 14.5. The number of rotatable bonds is 6. The Hall–Kier alpha value is -4.02. The predicted octanol–water partition coefficient (Wildman–Crippen LogP) is 6.37. The summed E-state index contributed by atoms with van der Waals surface area (Å²) >= 11 is 2.27. The molecule has 1 aliphatic heterocycles. The van der Waals surface area contributed by atoms with Crippen LogP contribution < -0.4 is 15.2 Å². The second-order valence-corrected chi connectivity index (χ2v) is 11.1. The lowest BCUT2D eigenvalue weighted by atomic mass is 10.0. The molecule has 5 aromatic rings. The largest absolute Gasteiger partial charge is 0.496 e. The minimum Gasteiger partial charge on any atom is -0.496 e. The molecular weight excluding hydrogens is 627 g/mol. The van der Waals surface area contributed by atoms with Crippen LogP contribution in [0.1, 0.15) is 11.7 Å². The quantitative estimate of drug-likeness (QED) is 0.198. The van der Waals surface area contributed by atoms with E-state index in [4.69, 9.17) is 19.4 Å². The number of methoxy groups -OCH3 is 1. The highest BCUT2D eigenvalue weighted by Crippen LogP contribution is 2.34. The zero-order valence-corrected chi connectivity index (χ0v) is 25.0. The molecule has 206 valence electrons. The van der Waals surface area contributed by atoms with Crippen LogP contribution in [0.2, 0.25) is 0 Å². The van der Waals surface area contributed by atoms with Gasteiger partial charge in [0, 0.05) is 45.5 Å². The average Bonchev–Trinajstić information content (AvgIpc) is 3.03. The number of nitrogens with zero attached hydrogens (tertiary/aromatic N) is 4. The number of hydrogen-bond donors (Lipinski definition) is 0. The van der Waals surface area contributed by atoms with Crippen molar-refractivity contribution in [2.75, 3.05) is 31.7 Å². The van der Waals surface area contributed by atoms with Crippen molar-refractivity contribution in [2.45, 2.75) is 6.10 Å². The Morgan fingerprint density at radius 1 is 0.829 bits per heavy atom. The van der Waals surface area contributed by atoms with E-state index in [9.17, 15) is 4.79 Å². The third-order valence-corrected chi connectivity index (χ3v) is 7.93. The fourth-order valence-electron chi connectivity index (χ4n) is 5.12. The second-order valence-electron chi connectivity index (χ2n) is 9.89. The molecule has 1 aliphatic rings. The van der Waals surface area contributed by atoms with Crippen molar-refractivity contribution in [3.05, 3.63) is 117 Å². The van der Waals surface area contributed by atoms with Crippen LogP contribution in [0, 0.1) is 3.57 Å². The summed E-state index contributed by atoms with van der Waals surface area (Å²) in [4.78, 5) is 25.4. The van der Waals surface area contributed by atoms with E-state index in [1.807, 2.05) is 91.0 Å². The summed E-state index contributed by atoms with van der Waals surface area (Å²) in [6.45, 7) is 1.67. The van der Waals surface area contributed by atoms with Crippen LogP contribution in [0.25, 0.3) is 33.8 Å². The van der Waals surface area contributed by atoms with Crippen molar-refractivity contribution in [1.29, 1.82) is 0 Å². The van der Waals surface area contributed by atoms with Crippen LogP contribution in [0.5, 0.6) is 5.75 Å². The van der Waals surface area contributed by atoms with Crippen molar-refractivity contribution >= 4 is 28.5 Å². The summed E-state index contributed by atoms with van der Waals surface area (Å²) in [5, 5.41) is 0. The van der Waals surface area contributed by atoms with Crippen molar-refractivity contribution in [3.8, 4) is 39.5 Å². The van der Waals surface area contributed by atoms with Crippen molar-refractivity contribution < 1.29 is 9.47 Å². The van der Waals surface area contributed by atoms with Gasteiger partial charge in [0.1, 0.15) is 11.9 Å². The van der Waals surface area contributed by atoms with E-state index in [-0.39, 0.29) is 11.7 Å². The maximum atomic E-state index is 13.3. The van der Waals surface area contributed by atoms with Crippen molar-refractivity contribution in [1.82, 2.24) is 14.5 Å². The third kappa shape index (κ3) is 5.75. The average molecular weight is 657 g/mol. The molecule has 6 rings (SSSR count). The van der Waals surface area contributed by atoms with Gasteiger partial charge in [-0.3, -0.25) is 9.36 Å². The van der Waals surface area contributed by atoms with Gasteiger partial charge in [-0.2, -0.15) is 0 Å². The fourth-order valence-corrected chi connectivity index (χ4v) is 5.58. The van der Waals surface area contributed by atoms with Crippen LogP contribution in [-0.2, 0) is 11.8 Å². The van der Waals surface area contributed by atoms with Crippen LogP contribution in [0.3, 0.4) is 0 Å². The Morgan fingerprint density at radius 3 is 2.10 bits per heavy atom. The molecule has 0 unspecified atom stereocenters. The maximum absolute atomic E-state index is 13.3. The monoisotopic (exact) mass is 656 g/mol. The van der Waals surface area contributed by atoms with Gasteiger partial charge >= 0.3 is 0 Å². The second kappa shape index (κ2) is 11.8. The summed E-state index contributed by atoms with van der Waals surface area (Å²) in [7, 11) is 3.44. The number of morpholine rings is 1. The van der Waals surface area contributed by atoms with Crippen molar-refractivity contribution in [3.63, 3.8) is 0 Å². The lowest BCUT2D eigenvalue weighted by molar-refractivity contribution is 0.0374. The number of ether oxygens (including phenoxy) is 2. The number of benzene rings is 3. The molecule has 0 aliphatic carbocycles. The Bertz CT molecular complexity index is 1680. The Morgan fingerprint density at radius 2 is 1.46 bits per heavy atom. The smallest absolute Gasteiger partial charge is 0.255 e. The predicted molar refractivity (Wildman–Crippen MR) is 170 cm³/mol. The molecule has 41 heavy (non-hydrogen) atoms. The molecule has 0 N–H and O–H groups in total. The zero-order valence-electron chi connectivity index (χ0n) is 22.8. The van der Waals surface area contributed by atoms with Crippen LogP contribution in [0.15, 0.2) is 102 Å². The summed E-state index contributed by atoms with van der Waals surface area (Å²) in [5.74, 6) is 1.39. The first kappa shape index (κ1) is 27.2. The highest BCUT2D eigenvalue weighted by atomic mass is 127. The molecule has 0 saturated carbocycles. The molecule has 2 aromatic heterocycles. The van der Waals surface area contributed by atoms with E-state index in [1.54, 1.807) is 24.8 Å². The lowest BCUT2D eigenvalue weighted by Crippen LogP contribution is -2.41. The Kier molecular flexibility index (Phi) is 7.84.